The SMILES string of the molecule is CON1CCC(c2ccc(NC(=O)c3ncc(C#N)[nH]3)c(C3=CCCCC3)c2)CC1. The van der Waals surface area contributed by atoms with Crippen molar-refractivity contribution in [1.29, 1.82) is 5.26 Å². The standard InChI is InChI=1S/C23H27N5O2/c1-30-28-11-9-16(10-12-28)18-7-8-21(20(13-18)17-5-3-2-4-6-17)27-23(29)22-25-15-19(14-24)26-22/h5,7-8,13,15-16H,2-4,6,9-12H2,1H3,(H,25,26)(H,27,29). The molecule has 156 valence electrons. The second-order valence-electron chi connectivity index (χ2n) is 7.88. The van der Waals surface area contributed by atoms with Crippen molar-refractivity contribution in [3.05, 3.63) is 53.1 Å². The lowest BCUT2D eigenvalue weighted by molar-refractivity contribution is -0.143. The molecule has 1 aliphatic carbocycles. The minimum absolute atomic E-state index is 0.145. The van der Waals surface area contributed by atoms with Crippen molar-refractivity contribution in [1.82, 2.24) is 15.0 Å². The number of aromatic amines is 1. The van der Waals surface area contributed by atoms with Gasteiger partial charge in [0.2, 0.25) is 0 Å². The molecule has 0 radical (unpaired) electrons. The summed E-state index contributed by atoms with van der Waals surface area (Å²) in [5.41, 5.74) is 4.77. The molecule has 1 aromatic carbocycles. The summed E-state index contributed by atoms with van der Waals surface area (Å²) in [4.78, 5) is 24.8. The molecule has 4 rings (SSSR count). The molecule has 1 saturated heterocycles. The third-order valence-electron chi connectivity index (χ3n) is 6.02. The number of hydrogen-bond acceptors (Lipinski definition) is 5. The Morgan fingerprint density at radius 2 is 2.17 bits per heavy atom. The number of hydroxylamine groups is 2. The Hall–Kier alpha value is -2.95. The maximum atomic E-state index is 12.7. The first-order valence-corrected chi connectivity index (χ1v) is 10.6. The Kier molecular flexibility index (Phi) is 6.26. The Labute approximate surface area is 176 Å². The highest BCUT2D eigenvalue weighted by Crippen LogP contribution is 2.36. The van der Waals surface area contributed by atoms with Crippen LogP contribution in [0.15, 0.2) is 30.5 Å². The van der Waals surface area contributed by atoms with E-state index in [2.05, 4.69) is 33.5 Å². The van der Waals surface area contributed by atoms with E-state index in [1.165, 1.54) is 30.2 Å². The maximum Gasteiger partial charge on any atom is 0.291 e. The van der Waals surface area contributed by atoms with E-state index in [1.807, 2.05) is 17.2 Å². The van der Waals surface area contributed by atoms with Gasteiger partial charge in [-0.3, -0.25) is 4.79 Å². The van der Waals surface area contributed by atoms with Crippen LogP contribution in [0.5, 0.6) is 0 Å². The minimum atomic E-state index is -0.338. The van der Waals surface area contributed by atoms with Gasteiger partial charge in [-0.25, -0.2) is 4.98 Å². The molecule has 0 atom stereocenters. The number of rotatable bonds is 5. The molecule has 0 saturated carbocycles. The van der Waals surface area contributed by atoms with Gasteiger partial charge in [-0.2, -0.15) is 10.3 Å². The molecule has 2 aromatic rings. The van der Waals surface area contributed by atoms with E-state index in [0.717, 1.165) is 50.0 Å². The van der Waals surface area contributed by atoms with Crippen molar-refractivity contribution < 1.29 is 9.63 Å². The van der Waals surface area contributed by atoms with Crippen LogP contribution in [0.25, 0.3) is 5.57 Å². The van der Waals surface area contributed by atoms with Gasteiger partial charge in [-0.15, -0.1) is 0 Å². The van der Waals surface area contributed by atoms with Crippen molar-refractivity contribution in [3.63, 3.8) is 0 Å². The highest BCUT2D eigenvalue weighted by atomic mass is 16.7. The van der Waals surface area contributed by atoms with E-state index in [0.29, 0.717) is 5.92 Å². The summed E-state index contributed by atoms with van der Waals surface area (Å²) < 4.78 is 0. The van der Waals surface area contributed by atoms with Gasteiger partial charge in [-0.05, 0) is 67.7 Å². The predicted octanol–water partition coefficient (Wildman–Crippen LogP) is 4.23. The molecule has 0 spiro atoms. The number of anilines is 1. The van der Waals surface area contributed by atoms with Gasteiger partial charge in [0, 0.05) is 24.3 Å². The smallest absolute Gasteiger partial charge is 0.291 e. The largest absolute Gasteiger partial charge is 0.326 e. The van der Waals surface area contributed by atoms with Crippen LogP contribution in [0.3, 0.4) is 0 Å². The van der Waals surface area contributed by atoms with Gasteiger partial charge in [0.05, 0.1) is 13.3 Å². The van der Waals surface area contributed by atoms with E-state index in [-0.39, 0.29) is 17.4 Å². The number of hydrogen-bond donors (Lipinski definition) is 2. The number of allylic oxidation sites excluding steroid dienone is 2. The minimum Gasteiger partial charge on any atom is -0.326 e. The van der Waals surface area contributed by atoms with Gasteiger partial charge in [0.25, 0.3) is 5.91 Å². The van der Waals surface area contributed by atoms with E-state index in [4.69, 9.17) is 10.1 Å². The van der Waals surface area contributed by atoms with Crippen LogP contribution in [-0.2, 0) is 4.84 Å². The molecule has 2 heterocycles. The third-order valence-corrected chi connectivity index (χ3v) is 6.02. The summed E-state index contributed by atoms with van der Waals surface area (Å²) >= 11 is 0. The summed E-state index contributed by atoms with van der Waals surface area (Å²) in [6.45, 7) is 1.86. The first kappa shape index (κ1) is 20.3. The molecule has 1 fully saturated rings. The molecular formula is C23H27N5O2. The van der Waals surface area contributed by atoms with Crippen molar-refractivity contribution in [3.8, 4) is 6.07 Å². The summed E-state index contributed by atoms with van der Waals surface area (Å²) in [6, 6.07) is 8.35. The van der Waals surface area contributed by atoms with Crippen molar-refractivity contribution >= 4 is 17.2 Å². The molecule has 2 N–H and O–H groups in total. The number of nitriles is 1. The number of benzene rings is 1. The molecule has 7 nitrogen and oxygen atoms in total. The number of H-pyrrole nitrogens is 1. The summed E-state index contributed by atoms with van der Waals surface area (Å²) in [5, 5.41) is 14.0. The zero-order valence-corrected chi connectivity index (χ0v) is 17.3. The first-order valence-electron chi connectivity index (χ1n) is 10.6. The first-order chi connectivity index (χ1) is 14.7. The van der Waals surface area contributed by atoms with Gasteiger partial charge >= 0.3 is 0 Å². The number of carbonyl (C=O) groups is 1. The fraction of sp³-hybridized carbons (Fsp3) is 0.435. The van der Waals surface area contributed by atoms with Crippen LogP contribution in [0.4, 0.5) is 5.69 Å². The summed E-state index contributed by atoms with van der Waals surface area (Å²) in [5.74, 6) is 0.300. The summed E-state index contributed by atoms with van der Waals surface area (Å²) in [6.07, 6.45) is 10.3. The lowest BCUT2D eigenvalue weighted by atomic mass is 9.86. The molecule has 1 aromatic heterocycles. The molecular weight excluding hydrogens is 378 g/mol. The second-order valence-corrected chi connectivity index (χ2v) is 7.88. The number of carbonyl (C=O) groups excluding carboxylic acids is 1. The molecule has 7 heteroatoms. The Morgan fingerprint density at radius 1 is 1.33 bits per heavy atom. The number of aromatic nitrogens is 2. The number of nitrogens with zero attached hydrogens (tertiary/aromatic N) is 3. The van der Waals surface area contributed by atoms with E-state index in [1.54, 1.807) is 7.11 Å². The maximum absolute atomic E-state index is 12.7. The van der Waals surface area contributed by atoms with Crippen LogP contribution in [0.2, 0.25) is 0 Å². The Morgan fingerprint density at radius 3 is 2.83 bits per heavy atom. The van der Waals surface area contributed by atoms with Crippen LogP contribution in [0.1, 0.15) is 71.9 Å². The molecule has 1 amide bonds. The number of imidazole rings is 1. The zero-order chi connectivity index (χ0) is 20.9. The number of amides is 1. The van der Waals surface area contributed by atoms with Crippen molar-refractivity contribution in [2.24, 2.45) is 0 Å². The highest BCUT2D eigenvalue weighted by molar-refractivity contribution is 6.03. The van der Waals surface area contributed by atoms with Crippen LogP contribution in [0, 0.1) is 11.3 Å². The molecule has 0 unspecified atom stereocenters. The van der Waals surface area contributed by atoms with Crippen molar-refractivity contribution in [2.45, 2.75) is 44.4 Å². The second kappa shape index (κ2) is 9.24. The van der Waals surface area contributed by atoms with E-state index >= 15 is 0 Å². The lowest BCUT2D eigenvalue weighted by Crippen LogP contribution is -2.31. The quantitative estimate of drug-likeness (QED) is 0.776. The van der Waals surface area contributed by atoms with Gasteiger partial charge < -0.3 is 15.1 Å². The predicted molar refractivity (Wildman–Crippen MR) is 115 cm³/mol. The summed E-state index contributed by atoms with van der Waals surface area (Å²) in [7, 11) is 1.73. The molecule has 1 aliphatic heterocycles. The molecule has 0 bridgehead atoms. The Balaban J connectivity index is 1.60. The van der Waals surface area contributed by atoms with Crippen LogP contribution < -0.4 is 5.32 Å². The lowest BCUT2D eigenvalue weighted by Gasteiger charge is -2.30. The topological polar surface area (TPSA) is 94.0 Å². The van der Waals surface area contributed by atoms with Crippen molar-refractivity contribution in [2.75, 3.05) is 25.5 Å². The van der Waals surface area contributed by atoms with E-state index < -0.39 is 0 Å². The van der Waals surface area contributed by atoms with Gasteiger partial charge in [-0.1, -0.05) is 12.1 Å². The molecule has 30 heavy (non-hydrogen) atoms. The number of piperidine rings is 1. The van der Waals surface area contributed by atoms with E-state index in [9.17, 15) is 4.79 Å². The van der Waals surface area contributed by atoms with Gasteiger partial charge in [0.1, 0.15) is 11.8 Å². The number of nitrogens with one attached hydrogen (secondary N) is 2. The average Bonchev–Trinajstić information content (AvgIpc) is 3.30. The highest BCUT2D eigenvalue weighted by Gasteiger charge is 2.23. The fourth-order valence-electron chi connectivity index (χ4n) is 4.32. The zero-order valence-electron chi connectivity index (χ0n) is 17.3. The Bertz CT molecular complexity index is 980. The fourth-order valence-corrected chi connectivity index (χ4v) is 4.32. The molecule has 2 aliphatic rings. The van der Waals surface area contributed by atoms with Gasteiger partial charge in [0.15, 0.2) is 5.82 Å². The van der Waals surface area contributed by atoms with Crippen LogP contribution in [-0.4, -0.2) is 41.1 Å². The van der Waals surface area contributed by atoms with Crippen LogP contribution >= 0.6 is 0 Å². The average molecular weight is 406 g/mol. The third kappa shape index (κ3) is 4.45. The monoisotopic (exact) mass is 405 g/mol. The normalized spacial score (nSPS) is 17.9.